The Morgan fingerprint density at radius 3 is 3.06 bits per heavy atom. The highest BCUT2D eigenvalue weighted by Crippen LogP contribution is 2.27. The van der Waals surface area contributed by atoms with Gasteiger partial charge in [-0.25, -0.2) is 0 Å². The molecule has 0 aromatic carbocycles. The Hall–Kier alpha value is -2.01. The average Bonchev–Trinajstić information content (AvgIpc) is 2.53. The van der Waals surface area contributed by atoms with Gasteiger partial charge >= 0.3 is 5.97 Å². The molecule has 2 aliphatic rings. The molecule has 0 spiro atoms. The number of aliphatic hydroxyl groups excluding tert-OH is 1. The van der Waals surface area contributed by atoms with Crippen LogP contribution in [0.3, 0.4) is 0 Å². The lowest BCUT2D eigenvalue weighted by molar-refractivity contribution is -0.138. The van der Waals surface area contributed by atoms with Gasteiger partial charge in [0, 0.05) is 12.6 Å². The lowest BCUT2D eigenvalue weighted by Crippen LogP contribution is -2.30. The first-order valence-corrected chi connectivity index (χ1v) is 5.31. The van der Waals surface area contributed by atoms with E-state index in [1.54, 1.807) is 24.4 Å². The number of aliphatic carboxylic acids is 1. The number of carboxylic acid groups (broad SMARTS) is 1. The van der Waals surface area contributed by atoms with Crippen molar-refractivity contribution in [2.75, 3.05) is 0 Å². The van der Waals surface area contributed by atoms with E-state index in [2.05, 4.69) is 5.32 Å². The fourth-order valence-corrected chi connectivity index (χ4v) is 1.88. The van der Waals surface area contributed by atoms with Gasteiger partial charge in [0.1, 0.15) is 11.8 Å². The van der Waals surface area contributed by atoms with Gasteiger partial charge in [0.15, 0.2) is 0 Å². The highest BCUT2D eigenvalue weighted by Gasteiger charge is 2.25. The SMILES string of the molecule is NC(CC1=CNC2C=CC=C(O)C=C12)C(=O)O. The number of fused-ring (bicyclic) bond motifs is 1. The third-order valence-electron chi connectivity index (χ3n) is 2.77. The summed E-state index contributed by atoms with van der Waals surface area (Å²) >= 11 is 0. The zero-order valence-electron chi connectivity index (χ0n) is 9.13. The summed E-state index contributed by atoms with van der Waals surface area (Å²) in [6, 6.07) is -0.951. The molecule has 2 atom stereocenters. The predicted octanol–water partition coefficient (Wildman–Crippen LogP) is 0.582. The molecule has 0 bridgehead atoms. The molecule has 2 unspecified atom stereocenters. The van der Waals surface area contributed by atoms with Crippen LogP contribution in [0.4, 0.5) is 0 Å². The normalized spacial score (nSPS) is 23.8. The molecule has 5 heteroatoms. The smallest absolute Gasteiger partial charge is 0.320 e. The Morgan fingerprint density at radius 1 is 1.59 bits per heavy atom. The molecule has 1 heterocycles. The zero-order valence-corrected chi connectivity index (χ0v) is 9.13. The summed E-state index contributed by atoms with van der Waals surface area (Å²) in [6.07, 6.45) is 8.86. The maximum absolute atomic E-state index is 10.7. The molecule has 0 radical (unpaired) electrons. The third-order valence-corrected chi connectivity index (χ3v) is 2.77. The maximum atomic E-state index is 10.7. The monoisotopic (exact) mass is 234 g/mol. The maximum Gasteiger partial charge on any atom is 0.320 e. The zero-order chi connectivity index (χ0) is 12.4. The average molecular weight is 234 g/mol. The lowest BCUT2D eigenvalue weighted by Gasteiger charge is -2.12. The number of hydrogen-bond acceptors (Lipinski definition) is 4. The van der Waals surface area contributed by atoms with Gasteiger partial charge in [0.25, 0.3) is 0 Å². The van der Waals surface area contributed by atoms with Gasteiger partial charge in [-0.1, -0.05) is 12.2 Å². The van der Waals surface area contributed by atoms with Crippen LogP contribution in [-0.4, -0.2) is 28.3 Å². The molecule has 5 nitrogen and oxygen atoms in total. The summed E-state index contributed by atoms with van der Waals surface area (Å²) in [5, 5.41) is 21.4. The van der Waals surface area contributed by atoms with E-state index in [1.165, 1.54) is 0 Å². The first-order chi connectivity index (χ1) is 8.08. The standard InChI is InChI=1S/C12H14N2O3/c13-10(12(16)17)4-7-6-14-11-3-1-2-8(15)5-9(7)11/h1-3,5-6,10-11,14-15H,4,13H2,(H,16,17). The lowest BCUT2D eigenvalue weighted by atomic mass is 9.97. The number of carbonyl (C=O) groups is 1. The molecule has 0 saturated carbocycles. The van der Waals surface area contributed by atoms with Crippen molar-refractivity contribution in [3.8, 4) is 0 Å². The molecule has 0 aromatic rings. The van der Waals surface area contributed by atoms with Crippen LogP contribution >= 0.6 is 0 Å². The quantitative estimate of drug-likeness (QED) is 0.573. The molecular weight excluding hydrogens is 220 g/mol. The van der Waals surface area contributed by atoms with Gasteiger partial charge in [-0.15, -0.1) is 0 Å². The Balaban J connectivity index is 2.18. The van der Waals surface area contributed by atoms with Crippen molar-refractivity contribution in [3.63, 3.8) is 0 Å². The number of nitrogens with two attached hydrogens (primary N) is 1. The summed E-state index contributed by atoms with van der Waals surface area (Å²) in [4.78, 5) is 10.7. The van der Waals surface area contributed by atoms with Gasteiger partial charge < -0.3 is 21.3 Å². The number of carboxylic acids is 1. The second kappa shape index (κ2) is 4.47. The molecule has 0 saturated heterocycles. The highest BCUT2D eigenvalue weighted by atomic mass is 16.4. The van der Waals surface area contributed by atoms with Crippen molar-refractivity contribution in [2.45, 2.75) is 18.5 Å². The van der Waals surface area contributed by atoms with Crippen LogP contribution in [0, 0.1) is 0 Å². The largest absolute Gasteiger partial charge is 0.508 e. The molecule has 90 valence electrons. The van der Waals surface area contributed by atoms with E-state index < -0.39 is 12.0 Å². The number of allylic oxidation sites excluding steroid dienone is 3. The van der Waals surface area contributed by atoms with Gasteiger partial charge in [-0.2, -0.15) is 0 Å². The third kappa shape index (κ3) is 2.39. The van der Waals surface area contributed by atoms with Crippen molar-refractivity contribution in [3.05, 3.63) is 47.4 Å². The van der Waals surface area contributed by atoms with Crippen molar-refractivity contribution in [2.24, 2.45) is 5.73 Å². The van der Waals surface area contributed by atoms with E-state index >= 15 is 0 Å². The van der Waals surface area contributed by atoms with Crippen molar-refractivity contribution >= 4 is 5.97 Å². The van der Waals surface area contributed by atoms with Crippen molar-refractivity contribution in [1.29, 1.82) is 0 Å². The molecule has 1 aliphatic carbocycles. The van der Waals surface area contributed by atoms with E-state index in [0.717, 1.165) is 11.1 Å². The number of aliphatic hydroxyl groups is 1. The van der Waals surface area contributed by atoms with E-state index in [-0.39, 0.29) is 18.2 Å². The molecular formula is C12H14N2O3. The number of rotatable bonds is 3. The fraction of sp³-hybridized carbons (Fsp3) is 0.250. The van der Waals surface area contributed by atoms with Crippen LogP contribution in [-0.2, 0) is 4.79 Å². The summed E-state index contributed by atoms with van der Waals surface area (Å²) < 4.78 is 0. The summed E-state index contributed by atoms with van der Waals surface area (Å²) in [6.45, 7) is 0. The van der Waals surface area contributed by atoms with Gasteiger partial charge in [-0.3, -0.25) is 4.79 Å². The van der Waals surface area contributed by atoms with E-state index in [0.29, 0.717) is 0 Å². The number of hydrogen-bond donors (Lipinski definition) is 4. The molecule has 17 heavy (non-hydrogen) atoms. The first kappa shape index (κ1) is 11.5. The summed E-state index contributed by atoms with van der Waals surface area (Å²) in [5.41, 5.74) is 7.18. The van der Waals surface area contributed by atoms with Crippen LogP contribution in [0.5, 0.6) is 0 Å². The topological polar surface area (TPSA) is 95.6 Å². The Morgan fingerprint density at radius 2 is 2.35 bits per heavy atom. The molecule has 2 rings (SSSR count). The second-order valence-corrected chi connectivity index (χ2v) is 4.04. The van der Waals surface area contributed by atoms with Gasteiger partial charge in [0.2, 0.25) is 0 Å². The van der Waals surface area contributed by atoms with E-state index in [1.807, 2.05) is 6.08 Å². The predicted molar refractivity (Wildman–Crippen MR) is 63.2 cm³/mol. The van der Waals surface area contributed by atoms with Gasteiger partial charge in [-0.05, 0) is 23.3 Å². The molecule has 0 aromatic heterocycles. The highest BCUT2D eigenvalue weighted by molar-refractivity contribution is 5.74. The molecule has 0 fully saturated rings. The van der Waals surface area contributed by atoms with Crippen molar-refractivity contribution < 1.29 is 15.0 Å². The minimum atomic E-state index is -1.03. The molecule has 1 aliphatic heterocycles. The van der Waals surface area contributed by atoms with Crippen LogP contribution in [0.2, 0.25) is 0 Å². The van der Waals surface area contributed by atoms with Crippen LogP contribution in [0.25, 0.3) is 0 Å². The van der Waals surface area contributed by atoms with Crippen LogP contribution in [0.15, 0.2) is 47.4 Å². The first-order valence-electron chi connectivity index (χ1n) is 5.31. The fourth-order valence-electron chi connectivity index (χ4n) is 1.88. The molecule has 5 N–H and O–H groups in total. The summed E-state index contributed by atoms with van der Waals surface area (Å²) in [7, 11) is 0. The minimum Gasteiger partial charge on any atom is -0.508 e. The van der Waals surface area contributed by atoms with E-state index in [9.17, 15) is 9.90 Å². The molecule has 0 amide bonds. The minimum absolute atomic E-state index is 0.0214. The Bertz CT molecular complexity index is 460. The van der Waals surface area contributed by atoms with E-state index in [4.69, 9.17) is 10.8 Å². The van der Waals surface area contributed by atoms with Crippen LogP contribution in [0.1, 0.15) is 6.42 Å². The van der Waals surface area contributed by atoms with Crippen molar-refractivity contribution in [1.82, 2.24) is 5.32 Å². The second-order valence-electron chi connectivity index (χ2n) is 4.04. The van der Waals surface area contributed by atoms with Crippen LogP contribution < -0.4 is 11.1 Å². The Labute approximate surface area is 98.6 Å². The number of nitrogens with one attached hydrogen (secondary N) is 1. The summed E-state index contributed by atoms with van der Waals surface area (Å²) in [5.74, 6) is -0.879. The van der Waals surface area contributed by atoms with Gasteiger partial charge in [0.05, 0.1) is 6.04 Å². The Kier molecular flexibility index (Phi) is 3.01.